The number of pyridine rings is 1. The van der Waals surface area contributed by atoms with Gasteiger partial charge < -0.3 is 4.42 Å². The Hall–Kier alpha value is -2.75. The second kappa shape index (κ2) is 4.86. The van der Waals surface area contributed by atoms with Crippen molar-refractivity contribution in [3.63, 3.8) is 0 Å². The molecule has 2 heterocycles. The van der Waals surface area contributed by atoms with E-state index >= 15 is 0 Å². The first-order valence-corrected chi connectivity index (χ1v) is 5.79. The summed E-state index contributed by atoms with van der Waals surface area (Å²) < 4.78 is 5.41. The summed E-state index contributed by atoms with van der Waals surface area (Å²) in [5.41, 5.74) is 1.60. The molecule has 2 aromatic heterocycles. The highest BCUT2D eigenvalue weighted by Gasteiger charge is 2.03. The molecule has 0 aliphatic heterocycles. The van der Waals surface area contributed by atoms with Crippen LogP contribution in [0.5, 0.6) is 0 Å². The largest absolute Gasteiger partial charge is 0.463 e. The Balaban J connectivity index is 2.05. The van der Waals surface area contributed by atoms with Gasteiger partial charge in [-0.3, -0.25) is 14.8 Å². The van der Waals surface area contributed by atoms with Crippen LogP contribution < -0.4 is 5.43 Å². The standard InChI is InChI=1S/C15H10N2O2/c18-15-11(8-17-12-4-3-7-16-9-12)10-19-14-6-2-1-5-13(14)15/h1-10H. The topological polar surface area (TPSA) is 55.5 Å². The predicted molar refractivity (Wildman–Crippen MR) is 74.0 cm³/mol. The Morgan fingerprint density at radius 3 is 2.89 bits per heavy atom. The zero-order chi connectivity index (χ0) is 13.1. The fourth-order valence-corrected chi connectivity index (χ4v) is 1.76. The van der Waals surface area contributed by atoms with Crippen molar-refractivity contribution in [1.82, 2.24) is 4.98 Å². The van der Waals surface area contributed by atoms with E-state index < -0.39 is 0 Å². The van der Waals surface area contributed by atoms with Gasteiger partial charge in [0.1, 0.15) is 11.8 Å². The van der Waals surface area contributed by atoms with Crippen LogP contribution in [0, 0.1) is 0 Å². The minimum absolute atomic E-state index is 0.0884. The van der Waals surface area contributed by atoms with E-state index in [1.54, 1.807) is 36.7 Å². The van der Waals surface area contributed by atoms with Gasteiger partial charge in [-0.2, -0.15) is 0 Å². The number of aliphatic imine (C=N–C) groups is 1. The van der Waals surface area contributed by atoms with Gasteiger partial charge in [-0.05, 0) is 24.3 Å². The first-order valence-electron chi connectivity index (χ1n) is 5.79. The highest BCUT2D eigenvalue weighted by atomic mass is 16.3. The van der Waals surface area contributed by atoms with Gasteiger partial charge in [0.25, 0.3) is 0 Å². The summed E-state index contributed by atoms with van der Waals surface area (Å²) in [7, 11) is 0. The number of aromatic nitrogens is 1. The lowest BCUT2D eigenvalue weighted by Crippen LogP contribution is -2.07. The Morgan fingerprint density at radius 2 is 2.05 bits per heavy atom. The molecular weight excluding hydrogens is 240 g/mol. The maximum Gasteiger partial charge on any atom is 0.201 e. The van der Waals surface area contributed by atoms with Crippen LogP contribution in [-0.4, -0.2) is 11.2 Å². The van der Waals surface area contributed by atoms with Crippen LogP contribution >= 0.6 is 0 Å². The van der Waals surface area contributed by atoms with Gasteiger partial charge in [0.05, 0.1) is 22.8 Å². The van der Waals surface area contributed by atoms with Crippen LogP contribution in [0.1, 0.15) is 5.56 Å². The van der Waals surface area contributed by atoms with Crippen molar-refractivity contribution in [3.05, 3.63) is 70.8 Å². The first-order chi connectivity index (χ1) is 9.34. The molecule has 0 saturated heterocycles. The molecule has 4 heteroatoms. The molecular formula is C15H10N2O2. The Labute approximate surface area is 109 Å². The van der Waals surface area contributed by atoms with Crippen LogP contribution in [0.4, 0.5) is 5.69 Å². The molecule has 0 amide bonds. The number of hydrogen-bond donors (Lipinski definition) is 0. The summed E-state index contributed by atoms with van der Waals surface area (Å²) in [6.45, 7) is 0. The third-order valence-corrected chi connectivity index (χ3v) is 2.71. The van der Waals surface area contributed by atoms with E-state index in [1.807, 2.05) is 12.1 Å². The van der Waals surface area contributed by atoms with E-state index in [2.05, 4.69) is 9.98 Å². The molecule has 92 valence electrons. The molecule has 0 bridgehead atoms. The molecule has 0 spiro atoms. The molecule has 0 radical (unpaired) electrons. The predicted octanol–water partition coefficient (Wildman–Crippen LogP) is 2.94. The van der Waals surface area contributed by atoms with E-state index in [9.17, 15) is 4.79 Å². The van der Waals surface area contributed by atoms with Gasteiger partial charge in [-0.25, -0.2) is 0 Å². The molecule has 0 fully saturated rings. The highest BCUT2D eigenvalue weighted by Crippen LogP contribution is 2.11. The van der Waals surface area contributed by atoms with Gasteiger partial charge in [-0.15, -0.1) is 0 Å². The molecule has 0 unspecified atom stereocenters. The summed E-state index contributed by atoms with van der Waals surface area (Å²) in [4.78, 5) is 20.3. The molecule has 1 aromatic carbocycles. The molecule has 0 aliphatic rings. The summed E-state index contributed by atoms with van der Waals surface area (Å²) in [5, 5.41) is 0.553. The lowest BCUT2D eigenvalue weighted by molar-refractivity contribution is 0.601. The van der Waals surface area contributed by atoms with Crippen LogP contribution in [0.25, 0.3) is 11.0 Å². The molecule has 3 aromatic rings. The van der Waals surface area contributed by atoms with Gasteiger partial charge in [0, 0.05) is 12.4 Å². The summed E-state index contributed by atoms with van der Waals surface area (Å²) in [5.74, 6) is 0. The van der Waals surface area contributed by atoms with Crippen molar-refractivity contribution in [2.45, 2.75) is 0 Å². The molecule has 3 rings (SSSR count). The Morgan fingerprint density at radius 1 is 1.16 bits per heavy atom. The lowest BCUT2D eigenvalue weighted by Gasteiger charge is -1.97. The van der Waals surface area contributed by atoms with Crippen molar-refractivity contribution in [2.24, 2.45) is 4.99 Å². The van der Waals surface area contributed by atoms with Crippen LogP contribution in [0.15, 0.2) is 69.3 Å². The van der Waals surface area contributed by atoms with Gasteiger partial charge in [-0.1, -0.05) is 12.1 Å². The van der Waals surface area contributed by atoms with E-state index in [-0.39, 0.29) is 5.43 Å². The summed E-state index contributed by atoms with van der Waals surface area (Å²) in [6, 6.07) is 10.7. The molecule has 19 heavy (non-hydrogen) atoms. The maximum atomic E-state index is 12.2. The van der Waals surface area contributed by atoms with Crippen molar-refractivity contribution in [1.29, 1.82) is 0 Å². The average Bonchev–Trinajstić information content (AvgIpc) is 2.48. The van der Waals surface area contributed by atoms with E-state index in [0.29, 0.717) is 22.2 Å². The molecule has 0 N–H and O–H groups in total. The minimum atomic E-state index is -0.0884. The smallest absolute Gasteiger partial charge is 0.201 e. The van der Waals surface area contributed by atoms with Crippen molar-refractivity contribution in [2.75, 3.05) is 0 Å². The quantitative estimate of drug-likeness (QED) is 0.657. The zero-order valence-corrected chi connectivity index (χ0v) is 9.98. The van der Waals surface area contributed by atoms with Gasteiger partial charge in [0.2, 0.25) is 5.43 Å². The van der Waals surface area contributed by atoms with E-state index in [0.717, 1.165) is 0 Å². The monoisotopic (exact) mass is 250 g/mol. The average molecular weight is 250 g/mol. The number of fused-ring (bicyclic) bond motifs is 1. The van der Waals surface area contributed by atoms with Crippen LogP contribution in [0.2, 0.25) is 0 Å². The molecule has 0 atom stereocenters. The number of para-hydroxylation sites is 1. The van der Waals surface area contributed by atoms with Crippen LogP contribution in [-0.2, 0) is 0 Å². The number of rotatable bonds is 2. The van der Waals surface area contributed by atoms with E-state index in [1.165, 1.54) is 12.5 Å². The molecule has 0 saturated carbocycles. The summed E-state index contributed by atoms with van der Waals surface area (Å²) >= 11 is 0. The molecule has 0 aliphatic carbocycles. The maximum absolute atomic E-state index is 12.2. The normalized spacial score (nSPS) is 11.2. The highest BCUT2D eigenvalue weighted by molar-refractivity contribution is 5.87. The second-order valence-corrected chi connectivity index (χ2v) is 3.99. The SMILES string of the molecule is O=c1c(C=Nc2cccnc2)coc2ccccc12. The van der Waals surface area contributed by atoms with Crippen molar-refractivity contribution in [3.8, 4) is 0 Å². The fourth-order valence-electron chi connectivity index (χ4n) is 1.76. The number of nitrogens with zero attached hydrogens (tertiary/aromatic N) is 2. The number of hydrogen-bond acceptors (Lipinski definition) is 4. The third-order valence-electron chi connectivity index (χ3n) is 2.71. The fraction of sp³-hybridized carbons (Fsp3) is 0. The minimum Gasteiger partial charge on any atom is -0.463 e. The Bertz CT molecular complexity index is 792. The van der Waals surface area contributed by atoms with E-state index in [4.69, 9.17) is 4.42 Å². The third kappa shape index (κ3) is 2.28. The molecule has 4 nitrogen and oxygen atoms in total. The van der Waals surface area contributed by atoms with Gasteiger partial charge in [0.15, 0.2) is 0 Å². The summed E-state index contributed by atoms with van der Waals surface area (Å²) in [6.07, 6.45) is 6.21. The van der Waals surface area contributed by atoms with Gasteiger partial charge >= 0.3 is 0 Å². The van der Waals surface area contributed by atoms with Crippen molar-refractivity contribution >= 4 is 22.9 Å². The second-order valence-electron chi connectivity index (χ2n) is 3.99. The number of benzene rings is 1. The lowest BCUT2D eigenvalue weighted by atomic mass is 10.2. The van der Waals surface area contributed by atoms with Crippen LogP contribution in [0.3, 0.4) is 0 Å². The first kappa shape index (κ1) is 11.3. The Kier molecular flexibility index (Phi) is 2.90. The zero-order valence-electron chi connectivity index (χ0n) is 9.98. The van der Waals surface area contributed by atoms with Crippen molar-refractivity contribution < 1.29 is 4.42 Å².